The van der Waals surface area contributed by atoms with Gasteiger partial charge in [0, 0.05) is 36.9 Å². The van der Waals surface area contributed by atoms with E-state index in [1.54, 1.807) is 13.0 Å². The van der Waals surface area contributed by atoms with E-state index in [4.69, 9.17) is 4.74 Å². The number of likely N-dealkylation sites (tertiary alicyclic amines) is 1. The molecule has 3 aliphatic rings. The molecule has 0 bridgehead atoms. The maximum atomic E-state index is 13.2. The number of hydrogen-bond donors (Lipinski definition) is 1. The third kappa shape index (κ3) is 6.02. The first-order valence-corrected chi connectivity index (χ1v) is 13.8. The van der Waals surface area contributed by atoms with Crippen LogP contribution < -0.4 is 0 Å². The van der Waals surface area contributed by atoms with Crippen molar-refractivity contribution >= 4 is 47.0 Å². The molecular weight excluding hydrogens is 518 g/mol. The summed E-state index contributed by atoms with van der Waals surface area (Å²) in [7, 11) is 0. The summed E-state index contributed by atoms with van der Waals surface area (Å²) in [4.78, 5) is 52.2. The van der Waals surface area contributed by atoms with E-state index >= 15 is 0 Å². The van der Waals surface area contributed by atoms with Gasteiger partial charge in [0.25, 0.3) is 5.69 Å². The van der Waals surface area contributed by atoms with Crippen molar-refractivity contribution in [3.8, 4) is 0 Å². The van der Waals surface area contributed by atoms with Crippen LogP contribution in [0, 0.1) is 16.0 Å². The molecular formula is C25H29N3O7S2. The van der Waals surface area contributed by atoms with Gasteiger partial charge in [0.1, 0.15) is 6.61 Å². The summed E-state index contributed by atoms with van der Waals surface area (Å²) in [6.07, 6.45) is 3.21. The van der Waals surface area contributed by atoms with Crippen LogP contribution in [0.1, 0.15) is 38.2 Å². The van der Waals surface area contributed by atoms with Gasteiger partial charge < -0.3 is 14.7 Å². The molecule has 1 aromatic carbocycles. The number of carbonyl (C=O) groups excluding carboxylic acids is 3. The van der Waals surface area contributed by atoms with Crippen molar-refractivity contribution in [2.24, 2.45) is 5.92 Å². The molecule has 0 spiro atoms. The lowest BCUT2D eigenvalue weighted by Crippen LogP contribution is -2.58. The summed E-state index contributed by atoms with van der Waals surface area (Å²) in [5.74, 6) is -1.17. The van der Waals surface area contributed by atoms with Gasteiger partial charge in [-0.15, -0.1) is 18.3 Å². The van der Waals surface area contributed by atoms with E-state index in [0.717, 1.165) is 6.42 Å². The number of carbonyl (C=O) groups is 3. The van der Waals surface area contributed by atoms with Crippen molar-refractivity contribution in [3.63, 3.8) is 0 Å². The third-order valence-corrected chi connectivity index (χ3v) is 9.35. The number of ether oxygens (including phenoxy) is 1. The Balaban J connectivity index is 1.46. The van der Waals surface area contributed by atoms with Gasteiger partial charge in [-0.1, -0.05) is 17.8 Å². The lowest BCUT2D eigenvalue weighted by atomic mass is 9.91. The molecule has 1 aromatic rings. The zero-order valence-corrected chi connectivity index (χ0v) is 22.0. The number of β-lactam (4-membered cyclic amide) rings is 1. The highest BCUT2D eigenvalue weighted by Gasteiger charge is 2.56. The van der Waals surface area contributed by atoms with Gasteiger partial charge in [0.2, 0.25) is 11.8 Å². The van der Waals surface area contributed by atoms with Gasteiger partial charge in [-0.3, -0.25) is 24.6 Å². The monoisotopic (exact) mass is 547 g/mol. The number of esters is 1. The molecule has 0 aromatic heterocycles. The van der Waals surface area contributed by atoms with Crippen LogP contribution in [-0.2, 0) is 25.7 Å². The van der Waals surface area contributed by atoms with Gasteiger partial charge in [0.05, 0.1) is 26.6 Å². The molecule has 10 nitrogen and oxygen atoms in total. The Bertz CT molecular complexity index is 1120. The highest BCUT2D eigenvalue weighted by molar-refractivity contribution is 8.23. The third-order valence-electron chi connectivity index (χ3n) is 6.45. The number of fused-ring (bicyclic) bond motifs is 1. The average Bonchev–Trinajstić information content (AvgIpc) is 3.48. The number of benzene rings is 1. The summed E-state index contributed by atoms with van der Waals surface area (Å²) in [5.41, 5.74) is 0.725. The van der Waals surface area contributed by atoms with Crippen LogP contribution in [-0.4, -0.2) is 67.4 Å². The fraction of sp³-hybridized carbons (Fsp3) is 0.480. The van der Waals surface area contributed by atoms with Gasteiger partial charge in [-0.05, 0) is 43.9 Å². The summed E-state index contributed by atoms with van der Waals surface area (Å²) in [5, 5.41) is 20.5. The number of hydrogen-bond acceptors (Lipinski definition) is 9. The second-order valence-corrected chi connectivity index (χ2v) is 11.9. The smallest absolute Gasteiger partial charge is 0.357 e. The number of thioether (sulfide) groups is 2. The number of aliphatic hydroxyl groups excluding tert-OH is 1. The van der Waals surface area contributed by atoms with Gasteiger partial charge in [0.15, 0.2) is 5.70 Å². The minimum absolute atomic E-state index is 0.0598. The van der Waals surface area contributed by atoms with Crippen molar-refractivity contribution in [2.75, 3.05) is 13.1 Å². The highest BCUT2D eigenvalue weighted by Crippen LogP contribution is 2.55. The maximum Gasteiger partial charge on any atom is 0.357 e. The van der Waals surface area contributed by atoms with Crippen molar-refractivity contribution < 1.29 is 29.2 Å². The number of rotatable bonds is 11. The number of aliphatic hydroxyl groups is 1. The molecule has 2 amide bonds. The second kappa shape index (κ2) is 11.7. The molecule has 2 saturated heterocycles. The van der Waals surface area contributed by atoms with E-state index in [1.165, 1.54) is 52.7 Å². The van der Waals surface area contributed by atoms with Crippen LogP contribution in [0.5, 0.6) is 0 Å². The number of nitrogens with zero attached hydrogens (tertiary/aromatic N) is 3. The van der Waals surface area contributed by atoms with Crippen molar-refractivity contribution in [1.29, 1.82) is 0 Å². The Hall–Kier alpha value is -2.83. The Kier molecular flexibility index (Phi) is 8.60. The van der Waals surface area contributed by atoms with E-state index < -0.39 is 17.0 Å². The molecule has 4 atom stereocenters. The maximum absolute atomic E-state index is 13.2. The quantitative estimate of drug-likeness (QED) is 0.146. The number of nitro benzene ring substituents is 1. The predicted octanol–water partition coefficient (Wildman–Crippen LogP) is 3.41. The summed E-state index contributed by atoms with van der Waals surface area (Å²) in [6.45, 7) is 6.40. The van der Waals surface area contributed by atoms with Crippen LogP contribution in [0.3, 0.4) is 0 Å². The fourth-order valence-electron chi connectivity index (χ4n) is 4.53. The van der Waals surface area contributed by atoms with Crippen molar-refractivity contribution in [2.45, 2.75) is 55.9 Å². The normalized spacial score (nSPS) is 23.5. The molecule has 0 radical (unpaired) electrons. The Labute approximate surface area is 223 Å². The molecule has 12 heteroatoms. The van der Waals surface area contributed by atoms with E-state index in [-0.39, 0.29) is 46.3 Å². The first-order valence-electron chi connectivity index (χ1n) is 12.1. The van der Waals surface area contributed by atoms with Crippen molar-refractivity contribution in [1.82, 2.24) is 9.80 Å². The lowest BCUT2D eigenvalue weighted by molar-refractivity contribution is -0.384. The van der Waals surface area contributed by atoms with Crippen LogP contribution in [0.4, 0.5) is 5.69 Å². The topological polar surface area (TPSA) is 130 Å². The average molecular weight is 548 g/mol. The highest BCUT2D eigenvalue weighted by atomic mass is 32.2. The molecule has 198 valence electrons. The molecule has 0 saturated carbocycles. The summed E-state index contributed by atoms with van der Waals surface area (Å²) < 4.78 is 6.20. The van der Waals surface area contributed by atoms with Gasteiger partial charge >= 0.3 is 5.97 Å². The number of non-ortho nitro benzene ring substituents is 1. The molecule has 3 aliphatic heterocycles. The number of allylic oxidation sites excluding steroid dienone is 1. The Morgan fingerprint density at radius 2 is 2.11 bits per heavy atom. The summed E-state index contributed by atoms with van der Waals surface area (Å²) in [6, 6.07) is 5.72. The van der Waals surface area contributed by atoms with Crippen LogP contribution in [0.25, 0.3) is 0 Å². The lowest BCUT2D eigenvalue weighted by Gasteiger charge is -2.42. The fourth-order valence-corrected chi connectivity index (χ4v) is 7.75. The molecule has 4 rings (SSSR count). The number of nitro groups is 1. The van der Waals surface area contributed by atoms with E-state index in [0.29, 0.717) is 42.2 Å². The molecule has 1 N–H and O–H groups in total. The zero-order chi connectivity index (χ0) is 26.7. The molecule has 0 unspecified atom stereocenters. The van der Waals surface area contributed by atoms with E-state index in [2.05, 4.69) is 6.58 Å². The molecule has 3 heterocycles. The van der Waals surface area contributed by atoms with Crippen LogP contribution in [0.2, 0.25) is 0 Å². The largest absolute Gasteiger partial charge is 0.456 e. The first-order chi connectivity index (χ1) is 17.7. The molecule has 37 heavy (non-hydrogen) atoms. The number of amides is 2. The van der Waals surface area contributed by atoms with Gasteiger partial charge in [-0.2, -0.15) is 0 Å². The van der Waals surface area contributed by atoms with Crippen LogP contribution >= 0.6 is 23.5 Å². The van der Waals surface area contributed by atoms with Gasteiger partial charge in [-0.25, -0.2) is 4.79 Å². The zero-order valence-electron chi connectivity index (χ0n) is 20.4. The molecule has 0 aliphatic carbocycles. The standard InChI is InChI=1S/C25H29N3O7S2/c1-3-4-5-20(30)26-11-10-18(13-26)36-25-21(27-22(31)19(12-15(2)29)23(27)37-25)24(32)35-14-16-6-8-17(9-7-16)28(33)34/h3,6-9,15,18-19,23,29H,1,4-5,10-14H2,2H3/t15-,18-,19+,23+/m0/s1. The Morgan fingerprint density at radius 1 is 1.38 bits per heavy atom. The SMILES string of the molecule is C=CCCC(=O)N1CC[C@H](SC2=C(C(=O)OCc3ccc([N+](=O)[O-])cc3)N3C(=O)[C@@H](C[C@H](C)O)[C@H]3S2)C1. The second-order valence-electron chi connectivity index (χ2n) is 9.24. The minimum Gasteiger partial charge on any atom is -0.456 e. The van der Waals surface area contributed by atoms with E-state index in [1.807, 2.05) is 4.90 Å². The van der Waals surface area contributed by atoms with Crippen molar-refractivity contribution in [3.05, 3.63) is 62.5 Å². The summed E-state index contributed by atoms with van der Waals surface area (Å²) >= 11 is 2.92. The van der Waals surface area contributed by atoms with Crippen LogP contribution in [0.15, 0.2) is 46.9 Å². The Morgan fingerprint density at radius 3 is 2.76 bits per heavy atom. The molecule has 2 fully saturated rings. The van der Waals surface area contributed by atoms with E-state index in [9.17, 15) is 29.6 Å². The predicted molar refractivity (Wildman–Crippen MR) is 140 cm³/mol. The minimum atomic E-state index is -0.643. The first kappa shape index (κ1) is 27.2.